The zero-order chi connectivity index (χ0) is 15.8. The lowest BCUT2D eigenvalue weighted by Gasteiger charge is -2.25. The lowest BCUT2D eigenvalue weighted by atomic mass is 10.2. The van der Waals surface area contributed by atoms with Crippen LogP contribution >= 0.6 is 11.3 Å². The molecular formula is C13H20N2O4S2. The molecule has 2 rings (SSSR count). The third-order valence-corrected chi connectivity index (χ3v) is 7.03. The topological polar surface area (TPSA) is 77.9 Å². The minimum atomic E-state index is -3.64. The molecule has 0 saturated carbocycles. The number of likely N-dealkylation sites (N-methyl/N-ethyl adjacent to an activating group) is 2. The number of carboxylic acids is 1. The number of carboxylic acid groups (broad SMARTS) is 1. The maximum atomic E-state index is 12.6. The number of hydrogen-bond donors (Lipinski definition) is 1. The van der Waals surface area contributed by atoms with Crippen LogP contribution in [0.1, 0.15) is 27.4 Å². The number of hydrogen-bond acceptors (Lipinski definition) is 5. The molecule has 1 aliphatic rings. The van der Waals surface area contributed by atoms with Crippen molar-refractivity contribution < 1.29 is 18.3 Å². The molecule has 0 aliphatic carbocycles. The second kappa shape index (κ2) is 6.04. The van der Waals surface area contributed by atoms with Gasteiger partial charge in [0.1, 0.15) is 4.88 Å². The Morgan fingerprint density at radius 2 is 2.24 bits per heavy atom. The molecule has 1 saturated heterocycles. The summed E-state index contributed by atoms with van der Waals surface area (Å²) in [5.41, 5.74) is 0. The normalized spacial score (nSPS) is 20.3. The molecule has 1 aromatic rings. The van der Waals surface area contributed by atoms with E-state index in [0.29, 0.717) is 11.4 Å². The monoisotopic (exact) mass is 332 g/mol. The van der Waals surface area contributed by atoms with Gasteiger partial charge in [0.15, 0.2) is 0 Å². The minimum absolute atomic E-state index is 0.0532. The third kappa shape index (κ3) is 3.28. The van der Waals surface area contributed by atoms with Crippen LogP contribution in [-0.4, -0.2) is 61.9 Å². The number of likely N-dealkylation sites (tertiary alicyclic amines) is 1. The molecular weight excluding hydrogens is 312 g/mol. The summed E-state index contributed by atoms with van der Waals surface area (Å²) < 4.78 is 26.5. The molecule has 21 heavy (non-hydrogen) atoms. The highest BCUT2D eigenvalue weighted by atomic mass is 32.2. The van der Waals surface area contributed by atoms with Crippen LogP contribution in [0.5, 0.6) is 0 Å². The quantitative estimate of drug-likeness (QED) is 0.883. The van der Waals surface area contributed by atoms with Gasteiger partial charge in [0.2, 0.25) is 10.0 Å². The Balaban J connectivity index is 2.22. The van der Waals surface area contributed by atoms with Crippen molar-refractivity contribution in [1.29, 1.82) is 0 Å². The number of rotatable bonds is 5. The van der Waals surface area contributed by atoms with E-state index in [1.165, 1.54) is 10.4 Å². The molecule has 0 aromatic carbocycles. The molecule has 0 radical (unpaired) electrons. The van der Waals surface area contributed by atoms with Gasteiger partial charge in [-0.3, -0.25) is 0 Å². The second-order valence-electron chi connectivity index (χ2n) is 5.40. The molecule has 118 valence electrons. The van der Waals surface area contributed by atoms with Gasteiger partial charge in [0, 0.05) is 24.5 Å². The van der Waals surface area contributed by atoms with Crippen molar-refractivity contribution >= 4 is 27.3 Å². The maximum Gasteiger partial charge on any atom is 0.345 e. The zero-order valence-corrected chi connectivity index (χ0v) is 14.0. The first-order valence-electron chi connectivity index (χ1n) is 6.73. The summed E-state index contributed by atoms with van der Waals surface area (Å²) in [6.45, 7) is 3.05. The fraction of sp³-hybridized carbons (Fsp3) is 0.615. The number of nitrogens with zero attached hydrogens (tertiary/aromatic N) is 2. The van der Waals surface area contributed by atoms with E-state index in [1.807, 2.05) is 7.05 Å². The molecule has 1 N–H and O–H groups in total. The first-order valence-corrected chi connectivity index (χ1v) is 8.99. The van der Waals surface area contributed by atoms with E-state index in [0.717, 1.165) is 30.7 Å². The van der Waals surface area contributed by atoms with Gasteiger partial charge in [0.25, 0.3) is 0 Å². The van der Waals surface area contributed by atoms with Crippen LogP contribution in [-0.2, 0) is 10.0 Å². The molecule has 2 heterocycles. The number of thiophene rings is 1. The van der Waals surface area contributed by atoms with Crippen molar-refractivity contribution in [3.63, 3.8) is 0 Å². The van der Waals surface area contributed by atoms with Gasteiger partial charge >= 0.3 is 5.97 Å². The Hall–Kier alpha value is -0.960. The standard InChI is InChI=1S/C13H20N2O4S2/c1-9-12(7-11(20-9)13(16)17)21(18,19)15(3)8-10-5-4-6-14(10)2/h7,10H,4-6,8H2,1-3H3,(H,16,17). The molecule has 1 aliphatic heterocycles. The maximum absolute atomic E-state index is 12.6. The van der Waals surface area contributed by atoms with Gasteiger partial charge in [-0.2, -0.15) is 4.31 Å². The molecule has 1 aromatic heterocycles. The largest absolute Gasteiger partial charge is 0.477 e. The van der Waals surface area contributed by atoms with Gasteiger partial charge in [-0.15, -0.1) is 11.3 Å². The molecule has 8 heteroatoms. The van der Waals surface area contributed by atoms with E-state index in [9.17, 15) is 13.2 Å². The Morgan fingerprint density at radius 1 is 1.57 bits per heavy atom. The van der Waals surface area contributed by atoms with Crippen LogP contribution in [0.2, 0.25) is 0 Å². The van der Waals surface area contributed by atoms with Crippen molar-refractivity contribution in [2.24, 2.45) is 0 Å². The lowest BCUT2D eigenvalue weighted by molar-refractivity contribution is 0.0702. The predicted molar refractivity (Wildman–Crippen MR) is 81.5 cm³/mol. The van der Waals surface area contributed by atoms with E-state index < -0.39 is 16.0 Å². The van der Waals surface area contributed by atoms with Crippen LogP contribution in [0.4, 0.5) is 0 Å². The highest BCUT2D eigenvalue weighted by Crippen LogP contribution is 2.28. The number of aromatic carboxylic acids is 1. The fourth-order valence-electron chi connectivity index (χ4n) is 2.60. The van der Waals surface area contributed by atoms with Crippen LogP contribution in [0.25, 0.3) is 0 Å². The van der Waals surface area contributed by atoms with Crippen molar-refractivity contribution in [3.05, 3.63) is 15.8 Å². The Bertz CT molecular complexity index is 639. The van der Waals surface area contributed by atoms with Crippen molar-refractivity contribution in [3.8, 4) is 0 Å². The Kier molecular flexibility index (Phi) is 4.72. The number of carbonyl (C=O) groups is 1. The number of sulfonamides is 1. The van der Waals surface area contributed by atoms with Crippen LogP contribution in [0, 0.1) is 6.92 Å². The predicted octanol–water partition coefficient (Wildman–Crippen LogP) is 1.47. The summed E-state index contributed by atoms with van der Waals surface area (Å²) in [7, 11) is -0.0884. The van der Waals surface area contributed by atoms with Gasteiger partial charge in [-0.05, 0) is 39.4 Å². The summed E-state index contributed by atoms with van der Waals surface area (Å²) in [5.74, 6) is -1.09. The SMILES string of the molecule is Cc1sc(C(=O)O)cc1S(=O)(=O)N(C)CC1CCCN1C. The molecule has 0 spiro atoms. The third-order valence-electron chi connectivity index (χ3n) is 3.91. The molecule has 0 bridgehead atoms. The first-order chi connectivity index (χ1) is 9.73. The summed E-state index contributed by atoms with van der Waals surface area (Å²) >= 11 is 0.994. The van der Waals surface area contributed by atoms with Gasteiger partial charge < -0.3 is 10.0 Å². The van der Waals surface area contributed by atoms with Crippen LogP contribution in [0.3, 0.4) is 0 Å². The van der Waals surface area contributed by atoms with E-state index in [4.69, 9.17) is 5.11 Å². The average molecular weight is 332 g/mol. The molecule has 1 fully saturated rings. The molecule has 1 unspecified atom stereocenters. The highest BCUT2D eigenvalue weighted by Gasteiger charge is 2.30. The van der Waals surface area contributed by atoms with Crippen LogP contribution < -0.4 is 0 Å². The zero-order valence-electron chi connectivity index (χ0n) is 12.4. The van der Waals surface area contributed by atoms with Gasteiger partial charge in [0.05, 0.1) is 4.90 Å². The van der Waals surface area contributed by atoms with E-state index >= 15 is 0 Å². The van der Waals surface area contributed by atoms with E-state index in [1.54, 1.807) is 14.0 Å². The Morgan fingerprint density at radius 3 is 2.71 bits per heavy atom. The summed E-state index contributed by atoms with van der Waals surface area (Å²) in [6, 6.07) is 1.48. The highest BCUT2D eigenvalue weighted by molar-refractivity contribution is 7.89. The molecule has 0 amide bonds. The average Bonchev–Trinajstić information content (AvgIpc) is 2.96. The lowest BCUT2D eigenvalue weighted by Crippen LogP contribution is -2.39. The van der Waals surface area contributed by atoms with E-state index in [-0.39, 0.29) is 15.8 Å². The summed E-state index contributed by atoms with van der Waals surface area (Å²) in [4.78, 5) is 13.8. The van der Waals surface area contributed by atoms with E-state index in [2.05, 4.69) is 4.90 Å². The summed E-state index contributed by atoms with van der Waals surface area (Å²) in [5, 5.41) is 8.99. The number of aryl methyl sites for hydroxylation is 1. The van der Waals surface area contributed by atoms with Gasteiger partial charge in [-0.1, -0.05) is 0 Å². The molecule has 6 nitrogen and oxygen atoms in total. The van der Waals surface area contributed by atoms with Crippen molar-refractivity contribution in [1.82, 2.24) is 9.21 Å². The van der Waals surface area contributed by atoms with Crippen LogP contribution in [0.15, 0.2) is 11.0 Å². The fourth-order valence-corrected chi connectivity index (χ4v) is 5.20. The smallest absolute Gasteiger partial charge is 0.345 e. The second-order valence-corrected chi connectivity index (χ2v) is 8.67. The Labute approximate surface area is 129 Å². The minimum Gasteiger partial charge on any atom is -0.477 e. The summed E-state index contributed by atoms with van der Waals surface area (Å²) in [6.07, 6.45) is 2.06. The molecule has 1 atom stereocenters. The first kappa shape index (κ1) is 16.4. The van der Waals surface area contributed by atoms with Crippen molar-refractivity contribution in [2.45, 2.75) is 30.7 Å². The van der Waals surface area contributed by atoms with Crippen molar-refractivity contribution in [2.75, 3.05) is 27.2 Å². The van der Waals surface area contributed by atoms with Gasteiger partial charge in [-0.25, -0.2) is 13.2 Å².